The van der Waals surface area contributed by atoms with Crippen LogP contribution in [-0.2, 0) is 0 Å². The fraction of sp³-hybridized carbons (Fsp3) is 0.333. The van der Waals surface area contributed by atoms with Crippen molar-refractivity contribution in [1.82, 2.24) is 9.97 Å². The molecule has 0 saturated carbocycles. The standard InChI is InChI=1S/C6H6Cl2N2OS/c1-3-9-5(7)4(11-12-2)6(8)10-3/h1-2H3. The Bertz CT molecular complexity index is 272. The summed E-state index contributed by atoms with van der Waals surface area (Å²) in [5, 5.41) is 0.476. The van der Waals surface area contributed by atoms with E-state index in [0.29, 0.717) is 11.6 Å². The van der Waals surface area contributed by atoms with Crippen LogP contribution in [0.5, 0.6) is 5.75 Å². The summed E-state index contributed by atoms with van der Waals surface area (Å²) in [4.78, 5) is 7.77. The van der Waals surface area contributed by atoms with Crippen molar-refractivity contribution in [1.29, 1.82) is 0 Å². The van der Waals surface area contributed by atoms with Gasteiger partial charge in [-0.25, -0.2) is 9.97 Å². The van der Waals surface area contributed by atoms with E-state index in [9.17, 15) is 0 Å². The lowest BCUT2D eigenvalue weighted by Gasteiger charge is -2.04. The number of nitrogens with zero attached hydrogens (tertiary/aromatic N) is 2. The van der Waals surface area contributed by atoms with Crippen LogP contribution >= 0.6 is 35.2 Å². The van der Waals surface area contributed by atoms with Crippen LogP contribution in [0.1, 0.15) is 5.82 Å². The first kappa shape index (κ1) is 9.89. The van der Waals surface area contributed by atoms with E-state index < -0.39 is 0 Å². The molecule has 0 fully saturated rings. The van der Waals surface area contributed by atoms with Crippen molar-refractivity contribution in [3.8, 4) is 5.75 Å². The third-order valence-electron chi connectivity index (χ3n) is 1.06. The minimum atomic E-state index is 0.238. The Hall–Kier alpha value is -0.190. The molecule has 1 heterocycles. The fourth-order valence-electron chi connectivity index (χ4n) is 0.648. The quantitative estimate of drug-likeness (QED) is 0.572. The predicted octanol–water partition coefficient (Wildman–Crippen LogP) is 2.75. The van der Waals surface area contributed by atoms with Crippen molar-refractivity contribution in [2.45, 2.75) is 6.92 Å². The van der Waals surface area contributed by atoms with Gasteiger partial charge in [-0.1, -0.05) is 23.2 Å². The molecule has 0 bridgehead atoms. The Kier molecular flexibility index (Phi) is 3.43. The number of aryl methyl sites for hydroxylation is 1. The molecule has 0 amide bonds. The van der Waals surface area contributed by atoms with Gasteiger partial charge in [-0.3, -0.25) is 0 Å². The van der Waals surface area contributed by atoms with E-state index in [1.807, 2.05) is 0 Å². The number of aromatic nitrogens is 2. The van der Waals surface area contributed by atoms with Crippen LogP contribution in [0.2, 0.25) is 10.3 Å². The molecule has 6 heteroatoms. The first-order chi connectivity index (χ1) is 5.65. The molecule has 1 aromatic heterocycles. The van der Waals surface area contributed by atoms with Gasteiger partial charge in [-0.2, -0.15) is 0 Å². The van der Waals surface area contributed by atoms with Gasteiger partial charge in [0.1, 0.15) is 5.82 Å². The van der Waals surface area contributed by atoms with Gasteiger partial charge < -0.3 is 4.18 Å². The molecule has 1 aromatic rings. The zero-order chi connectivity index (χ0) is 9.14. The summed E-state index contributed by atoms with van der Waals surface area (Å²) in [5.74, 6) is 0.842. The van der Waals surface area contributed by atoms with Gasteiger partial charge in [0.05, 0.1) is 12.0 Å². The molecule has 3 nitrogen and oxygen atoms in total. The van der Waals surface area contributed by atoms with Crippen LogP contribution in [0.3, 0.4) is 0 Å². The Labute approximate surface area is 84.7 Å². The smallest absolute Gasteiger partial charge is 0.211 e. The predicted molar refractivity (Wildman–Crippen MR) is 50.9 cm³/mol. The van der Waals surface area contributed by atoms with Gasteiger partial charge in [-0.15, -0.1) is 0 Å². The first-order valence-corrected chi connectivity index (χ1v) is 4.96. The lowest BCUT2D eigenvalue weighted by atomic mass is 10.5. The highest BCUT2D eigenvalue weighted by molar-refractivity contribution is 7.94. The molecule has 0 radical (unpaired) electrons. The number of hydrogen-bond acceptors (Lipinski definition) is 4. The maximum atomic E-state index is 5.74. The highest BCUT2D eigenvalue weighted by Gasteiger charge is 2.10. The maximum absolute atomic E-state index is 5.74. The average molecular weight is 225 g/mol. The summed E-state index contributed by atoms with van der Waals surface area (Å²) in [6.07, 6.45) is 1.76. The van der Waals surface area contributed by atoms with Crippen LogP contribution in [0.15, 0.2) is 0 Å². The second-order valence-corrected chi connectivity index (χ2v) is 3.15. The van der Waals surface area contributed by atoms with E-state index in [2.05, 4.69) is 9.97 Å². The van der Waals surface area contributed by atoms with Gasteiger partial charge >= 0.3 is 0 Å². The topological polar surface area (TPSA) is 35.0 Å². The van der Waals surface area contributed by atoms with Gasteiger partial charge in [0.25, 0.3) is 0 Å². The SMILES string of the molecule is CSOc1c(Cl)nc(C)nc1Cl. The molecule has 0 aliphatic heterocycles. The first-order valence-electron chi connectivity index (χ1n) is 3.05. The monoisotopic (exact) mass is 224 g/mol. The van der Waals surface area contributed by atoms with E-state index in [1.165, 1.54) is 0 Å². The molecular formula is C6H6Cl2N2OS. The fourth-order valence-corrected chi connectivity index (χ4v) is 1.61. The van der Waals surface area contributed by atoms with Gasteiger partial charge in [0, 0.05) is 6.26 Å². The van der Waals surface area contributed by atoms with Crippen molar-refractivity contribution < 1.29 is 4.18 Å². The van der Waals surface area contributed by atoms with Gasteiger partial charge in [0.2, 0.25) is 5.75 Å². The summed E-state index contributed by atoms with van der Waals surface area (Å²) < 4.78 is 5.05. The molecular weight excluding hydrogens is 219 g/mol. The normalized spacial score (nSPS) is 10.0. The molecule has 12 heavy (non-hydrogen) atoms. The molecule has 0 saturated heterocycles. The molecule has 0 atom stereocenters. The molecule has 0 unspecified atom stereocenters. The summed E-state index contributed by atoms with van der Waals surface area (Å²) in [6.45, 7) is 1.71. The van der Waals surface area contributed by atoms with Crippen LogP contribution in [-0.4, -0.2) is 16.2 Å². The highest BCUT2D eigenvalue weighted by Crippen LogP contribution is 2.31. The lowest BCUT2D eigenvalue weighted by Crippen LogP contribution is -1.93. The Morgan fingerprint density at radius 2 is 1.75 bits per heavy atom. The highest BCUT2D eigenvalue weighted by atomic mass is 35.5. The zero-order valence-corrected chi connectivity index (χ0v) is 8.80. The maximum Gasteiger partial charge on any atom is 0.211 e. The van der Waals surface area contributed by atoms with Crippen molar-refractivity contribution in [2.24, 2.45) is 0 Å². The number of hydrogen-bond donors (Lipinski definition) is 0. The molecule has 66 valence electrons. The number of halogens is 2. The minimum absolute atomic E-state index is 0.238. The largest absolute Gasteiger partial charge is 0.420 e. The van der Waals surface area contributed by atoms with Gasteiger partial charge in [0.15, 0.2) is 10.3 Å². The van der Waals surface area contributed by atoms with Crippen LogP contribution in [0.25, 0.3) is 0 Å². The van der Waals surface area contributed by atoms with Crippen molar-refractivity contribution in [3.05, 3.63) is 16.1 Å². The van der Waals surface area contributed by atoms with Crippen molar-refractivity contribution >= 4 is 35.2 Å². The summed E-state index contributed by atoms with van der Waals surface area (Å²) in [5.41, 5.74) is 0. The minimum Gasteiger partial charge on any atom is -0.420 e. The third kappa shape index (κ3) is 2.15. The van der Waals surface area contributed by atoms with E-state index in [-0.39, 0.29) is 10.3 Å². The Morgan fingerprint density at radius 3 is 2.17 bits per heavy atom. The lowest BCUT2D eigenvalue weighted by molar-refractivity contribution is 0.639. The Morgan fingerprint density at radius 1 is 1.25 bits per heavy atom. The molecule has 0 spiro atoms. The van der Waals surface area contributed by atoms with Crippen molar-refractivity contribution in [3.63, 3.8) is 0 Å². The molecule has 0 aliphatic rings. The van der Waals surface area contributed by atoms with Crippen LogP contribution in [0.4, 0.5) is 0 Å². The van der Waals surface area contributed by atoms with E-state index in [4.69, 9.17) is 27.4 Å². The summed E-state index contributed by atoms with van der Waals surface area (Å²) in [6, 6.07) is 0. The third-order valence-corrected chi connectivity index (χ3v) is 1.91. The summed E-state index contributed by atoms with van der Waals surface area (Å²) >= 11 is 12.6. The van der Waals surface area contributed by atoms with Crippen LogP contribution < -0.4 is 4.18 Å². The summed E-state index contributed by atoms with van der Waals surface area (Å²) in [7, 11) is 0. The van der Waals surface area contributed by atoms with Gasteiger partial charge in [-0.05, 0) is 6.92 Å². The van der Waals surface area contributed by atoms with Crippen molar-refractivity contribution in [2.75, 3.05) is 6.26 Å². The second-order valence-electron chi connectivity index (χ2n) is 1.93. The average Bonchev–Trinajstić information content (AvgIpc) is 1.96. The van der Waals surface area contributed by atoms with E-state index >= 15 is 0 Å². The molecule has 0 aliphatic carbocycles. The van der Waals surface area contributed by atoms with E-state index in [1.54, 1.807) is 13.2 Å². The molecule has 1 rings (SSSR count). The molecule has 0 N–H and O–H groups in total. The number of rotatable bonds is 2. The zero-order valence-electron chi connectivity index (χ0n) is 6.47. The van der Waals surface area contributed by atoms with Crippen LogP contribution in [0, 0.1) is 6.92 Å². The molecule has 0 aromatic carbocycles. The second kappa shape index (κ2) is 4.16. The van der Waals surface area contributed by atoms with E-state index in [0.717, 1.165) is 12.0 Å². The Balaban J connectivity index is 3.10.